The minimum Gasteiger partial charge on any atom is -0.342 e. The zero-order chi connectivity index (χ0) is 22.1. The first-order valence-corrected chi connectivity index (χ1v) is 11.1. The Morgan fingerprint density at radius 2 is 1.72 bits per heavy atom. The molecule has 164 valence electrons. The molecular formula is C26H26FN3O2. The van der Waals surface area contributed by atoms with Crippen molar-refractivity contribution in [1.29, 1.82) is 0 Å². The molecule has 3 amide bonds. The van der Waals surface area contributed by atoms with Crippen molar-refractivity contribution < 1.29 is 14.0 Å². The fourth-order valence-electron chi connectivity index (χ4n) is 5.23. The van der Waals surface area contributed by atoms with E-state index in [1.54, 1.807) is 12.1 Å². The average molecular weight is 432 g/mol. The molecule has 0 aromatic heterocycles. The number of hydrogen-bond acceptors (Lipinski definition) is 2. The first-order valence-electron chi connectivity index (χ1n) is 11.1. The molecule has 1 spiro atoms. The van der Waals surface area contributed by atoms with Crippen LogP contribution >= 0.6 is 0 Å². The van der Waals surface area contributed by atoms with Crippen molar-refractivity contribution in [2.75, 3.05) is 19.6 Å². The third-order valence-corrected chi connectivity index (χ3v) is 7.00. The maximum Gasteiger partial charge on any atom is 0.315 e. The highest BCUT2D eigenvalue weighted by Gasteiger charge is 2.46. The predicted octanol–water partition coefficient (Wildman–Crippen LogP) is 3.98. The largest absolute Gasteiger partial charge is 0.342 e. The van der Waals surface area contributed by atoms with Gasteiger partial charge in [0.05, 0.1) is 12.0 Å². The lowest BCUT2D eigenvalue weighted by atomic mass is 9.72. The van der Waals surface area contributed by atoms with Gasteiger partial charge in [-0.2, -0.15) is 0 Å². The van der Waals surface area contributed by atoms with Gasteiger partial charge in [0.2, 0.25) is 5.91 Å². The van der Waals surface area contributed by atoms with Crippen LogP contribution in [-0.2, 0) is 11.2 Å². The lowest BCUT2D eigenvalue weighted by Gasteiger charge is -2.49. The molecule has 2 fully saturated rings. The predicted molar refractivity (Wildman–Crippen MR) is 122 cm³/mol. The number of piperidine rings is 1. The van der Waals surface area contributed by atoms with Crippen LogP contribution in [0, 0.1) is 5.82 Å². The monoisotopic (exact) mass is 431 g/mol. The first-order chi connectivity index (χ1) is 15.5. The van der Waals surface area contributed by atoms with Crippen LogP contribution in [0.25, 0.3) is 10.8 Å². The maximum absolute atomic E-state index is 13.4. The summed E-state index contributed by atoms with van der Waals surface area (Å²) < 4.78 is 13.4. The van der Waals surface area contributed by atoms with E-state index in [4.69, 9.17) is 0 Å². The van der Waals surface area contributed by atoms with Crippen LogP contribution in [0.4, 0.5) is 9.18 Å². The summed E-state index contributed by atoms with van der Waals surface area (Å²) in [5.74, 6) is -0.143. The van der Waals surface area contributed by atoms with Crippen LogP contribution in [0.3, 0.4) is 0 Å². The molecule has 5 nitrogen and oxygen atoms in total. The van der Waals surface area contributed by atoms with Gasteiger partial charge in [-0.15, -0.1) is 0 Å². The van der Waals surface area contributed by atoms with Gasteiger partial charge in [-0.25, -0.2) is 9.18 Å². The van der Waals surface area contributed by atoms with Crippen molar-refractivity contribution in [3.8, 4) is 0 Å². The number of carbonyl (C=O) groups excluding carboxylic acids is 2. The van der Waals surface area contributed by atoms with Gasteiger partial charge >= 0.3 is 6.03 Å². The number of benzene rings is 3. The summed E-state index contributed by atoms with van der Waals surface area (Å²) in [6.07, 6.45) is 1.71. The Morgan fingerprint density at radius 1 is 1.00 bits per heavy atom. The van der Waals surface area contributed by atoms with Crippen molar-refractivity contribution in [1.82, 2.24) is 15.5 Å². The van der Waals surface area contributed by atoms with E-state index in [9.17, 15) is 14.0 Å². The molecule has 3 aromatic rings. The van der Waals surface area contributed by atoms with Gasteiger partial charge in [-0.1, -0.05) is 54.6 Å². The van der Waals surface area contributed by atoms with Crippen LogP contribution in [0.5, 0.6) is 0 Å². The third kappa shape index (κ3) is 3.81. The zero-order valence-electron chi connectivity index (χ0n) is 17.8. The highest BCUT2D eigenvalue weighted by molar-refractivity contribution is 5.90. The molecule has 0 aliphatic carbocycles. The number of rotatable bonds is 3. The molecule has 2 heterocycles. The van der Waals surface area contributed by atoms with Crippen LogP contribution in [0.15, 0.2) is 66.7 Å². The van der Waals surface area contributed by atoms with Crippen molar-refractivity contribution in [2.24, 2.45) is 0 Å². The summed E-state index contributed by atoms with van der Waals surface area (Å²) in [7, 11) is 0. The Kier molecular flexibility index (Phi) is 5.29. The standard InChI is InChI=1S/C26H26FN3O2/c27-21-10-8-19(9-11-21)23-17-28-25(32)29-26(23)12-14-30(15-13-26)24(31)16-20-6-3-5-18-4-1-2-7-22(18)20/h1-11,23H,12-17H2,(H2,28,29,32). The Labute approximate surface area is 186 Å². The Morgan fingerprint density at radius 3 is 2.50 bits per heavy atom. The molecule has 2 aliphatic rings. The summed E-state index contributed by atoms with van der Waals surface area (Å²) in [6.45, 7) is 1.67. The highest BCUT2D eigenvalue weighted by Crippen LogP contribution is 2.38. The molecule has 2 saturated heterocycles. The number of hydrogen-bond donors (Lipinski definition) is 2. The third-order valence-electron chi connectivity index (χ3n) is 7.00. The number of halogens is 1. The quantitative estimate of drug-likeness (QED) is 0.659. The van der Waals surface area contributed by atoms with E-state index in [-0.39, 0.29) is 23.7 Å². The average Bonchev–Trinajstić information content (AvgIpc) is 2.81. The fraction of sp³-hybridized carbons (Fsp3) is 0.308. The van der Waals surface area contributed by atoms with E-state index in [1.807, 2.05) is 29.2 Å². The van der Waals surface area contributed by atoms with Gasteiger partial charge in [0.1, 0.15) is 5.82 Å². The zero-order valence-corrected chi connectivity index (χ0v) is 17.8. The molecule has 0 bridgehead atoms. The molecule has 5 rings (SSSR count). The molecule has 1 unspecified atom stereocenters. The number of urea groups is 1. The highest BCUT2D eigenvalue weighted by atomic mass is 19.1. The number of nitrogens with zero attached hydrogens (tertiary/aromatic N) is 1. The Balaban J connectivity index is 1.32. The van der Waals surface area contributed by atoms with Crippen LogP contribution < -0.4 is 10.6 Å². The molecule has 2 N–H and O–H groups in total. The van der Waals surface area contributed by atoms with Crippen LogP contribution in [-0.4, -0.2) is 42.0 Å². The lowest BCUT2D eigenvalue weighted by molar-refractivity contribution is -0.132. The molecular weight excluding hydrogens is 405 g/mol. The number of likely N-dealkylation sites (tertiary alicyclic amines) is 1. The fourth-order valence-corrected chi connectivity index (χ4v) is 5.23. The molecule has 1 atom stereocenters. The van der Waals surface area contributed by atoms with E-state index >= 15 is 0 Å². The Hall–Kier alpha value is -3.41. The van der Waals surface area contributed by atoms with E-state index in [1.165, 1.54) is 12.1 Å². The van der Waals surface area contributed by atoms with Crippen LogP contribution in [0.1, 0.15) is 29.9 Å². The number of fused-ring (bicyclic) bond motifs is 1. The maximum atomic E-state index is 13.4. The minimum atomic E-state index is -0.434. The second kappa shape index (κ2) is 8.26. The lowest BCUT2D eigenvalue weighted by Crippen LogP contribution is -2.66. The van der Waals surface area contributed by atoms with Gasteiger partial charge in [0, 0.05) is 25.6 Å². The summed E-state index contributed by atoms with van der Waals surface area (Å²) in [5.41, 5.74) is 1.60. The van der Waals surface area contributed by atoms with Crippen LogP contribution in [0.2, 0.25) is 0 Å². The normalized spacial score (nSPS) is 20.1. The minimum absolute atomic E-state index is 0.0242. The Bertz CT molecular complexity index is 1150. The smallest absolute Gasteiger partial charge is 0.315 e. The summed E-state index contributed by atoms with van der Waals surface area (Å²) in [4.78, 5) is 27.2. The second-order valence-corrected chi connectivity index (χ2v) is 8.79. The van der Waals surface area contributed by atoms with Gasteiger partial charge < -0.3 is 15.5 Å². The molecule has 0 radical (unpaired) electrons. The van der Waals surface area contributed by atoms with E-state index < -0.39 is 5.54 Å². The van der Waals surface area contributed by atoms with Crippen molar-refractivity contribution in [3.63, 3.8) is 0 Å². The molecule has 6 heteroatoms. The summed E-state index contributed by atoms with van der Waals surface area (Å²) in [5, 5.41) is 8.27. The van der Waals surface area contributed by atoms with Gasteiger partial charge in [-0.05, 0) is 46.9 Å². The molecule has 3 aromatic carbocycles. The topological polar surface area (TPSA) is 61.4 Å². The van der Waals surface area contributed by atoms with Crippen molar-refractivity contribution in [3.05, 3.63) is 83.7 Å². The molecule has 0 saturated carbocycles. The number of nitrogens with one attached hydrogen (secondary N) is 2. The van der Waals surface area contributed by atoms with Crippen molar-refractivity contribution >= 4 is 22.7 Å². The van der Waals surface area contributed by atoms with Gasteiger partial charge in [-0.3, -0.25) is 4.79 Å². The second-order valence-electron chi connectivity index (χ2n) is 8.79. The van der Waals surface area contributed by atoms with E-state index in [0.717, 1.165) is 21.9 Å². The van der Waals surface area contributed by atoms with Crippen molar-refractivity contribution in [2.45, 2.75) is 30.7 Å². The first kappa shape index (κ1) is 20.5. The molecule has 2 aliphatic heterocycles. The summed E-state index contributed by atoms with van der Waals surface area (Å²) in [6, 6.07) is 20.5. The number of amides is 3. The van der Waals surface area contributed by atoms with E-state index in [2.05, 4.69) is 28.8 Å². The summed E-state index contributed by atoms with van der Waals surface area (Å²) >= 11 is 0. The molecule has 32 heavy (non-hydrogen) atoms. The van der Waals surface area contributed by atoms with Gasteiger partial charge in [0.25, 0.3) is 0 Å². The van der Waals surface area contributed by atoms with E-state index in [0.29, 0.717) is 38.9 Å². The number of carbonyl (C=O) groups is 2. The SMILES string of the molecule is O=C1NCC(c2ccc(F)cc2)C2(CCN(C(=O)Cc3cccc4ccccc34)CC2)N1. The van der Waals surface area contributed by atoms with Gasteiger partial charge in [0.15, 0.2) is 0 Å².